The third-order valence-electron chi connectivity index (χ3n) is 5.92. The van der Waals surface area contributed by atoms with Crippen LogP contribution in [0, 0.1) is 11.8 Å². The summed E-state index contributed by atoms with van der Waals surface area (Å²) in [7, 11) is 0. The van der Waals surface area contributed by atoms with E-state index in [2.05, 4.69) is 10.6 Å². The van der Waals surface area contributed by atoms with Gasteiger partial charge in [-0.3, -0.25) is 24.9 Å². The van der Waals surface area contributed by atoms with Gasteiger partial charge in [0.05, 0.1) is 12.5 Å². The number of aliphatic hydroxyl groups is 1. The summed E-state index contributed by atoms with van der Waals surface area (Å²) in [6.07, 6.45) is 7.40. The second kappa shape index (κ2) is 12.5. The van der Waals surface area contributed by atoms with Crippen LogP contribution in [0.25, 0.3) is 0 Å². The summed E-state index contributed by atoms with van der Waals surface area (Å²) in [6, 6.07) is -1.36. The van der Waals surface area contributed by atoms with Gasteiger partial charge in [-0.05, 0) is 38.0 Å². The lowest BCUT2D eigenvalue weighted by Crippen LogP contribution is -2.52. The molecule has 0 radical (unpaired) electrons. The number of nitrogens with one attached hydrogen (secondary N) is 2. The lowest BCUT2D eigenvalue weighted by atomic mass is 9.91. The van der Waals surface area contributed by atoms with E-state index in [9.17, 15) is 24.4 Å². The molecule has 2 aliphatic rings. The first-order valence-electron chi connectivity index (χ1n) is 10.9. The average molecular weight is 427 g/mol. The molecule has 10 heteroatoms. The summed E-state index contributed by atoms with van der Waals surface area (Å²) in [5.74, 6) is -0.997. The zero-order valence-electron chi connectivity index (χ0n) is 17.4. The van der Waals surface area contributed by atoms with Crippen LogP contribution in [0.4, 0.5) is 4.79 Å². The van der Waals surface area contributed by atoms with E-state index in [1.54, 1.807) is 0 Å². The Morgan fingerprint density at radius 2 is 1.87 bits per heavy atom. The van der Waals surface area contributed by atoms with Gasteiger partial charge < -0.3 is 15.3 Å². The smallest absolute Gasteiger partial charge is 0.321 e. The van der Waals surface area contributed by atoms with Gasteiger partial charge in [0.25, 0.3) is 5.91 Å². The number of unbranched alkanes of at least 4 members (excludes halogenated alkanes) is 1. The molecule has 1 saturated carbocycles. The van der Waals surface area contributed by atoms with Gasteiger partial charge in [0, 0.05) is 19.7 Å². The standard InChI is InChI=1S/C20H34N4O6/c25-11-4-3-9-21-20(29)22-18(27)17-8-5-10-24(17)19(28)16(13-23(30)14-26)12-15-6-1-2-7-15/h14-17,25,30H,1-13H2,(H2,21,22,27,29)/t16-,17+/m1/s1. The average Bonchev–Trinajstić information content (AvgIpc) is 3.42. The van der Waals surface area contributed by atoms with Gasteiger partial charge in [-0.2, -0.15) is 0 Å². The predicted molar refractivity (Wildman–Crippen MR) is 107 cm³/mol. The summed E-state index contributed by atoms with van der Waals surface area (Å²) in [5, 5.41) is 23.7. The van der Waals surface area contributed by atoms with Crippen molar-refractivity contribution in [3.63, 3.8) is 0 Å². The fourth-order valence-corrected chi connectivity index (χ4v) is 4.39. The third kappa shape index (κ3) is 7.24. The molecule has 10 nitrogen and oxygen atoms in total. The number of hydroxylamine groups is 2. The van der Waals surface area contributed by atoms with Crippen molar-refractivity contribution in [1.29, 1.82) is 0 Å². The normalized spacial score (nSPS) is 20.1. The van der Waals surface area contributed by atoms with Gasteiger partial charge in [0.1, 0.15) is 6.04 Å². The Balaban J connectivity index is 1.95. The molecule has 1 aliphatic heterocycles. The molecule has 0 aromatic carbocycles. The van der Waals surface area contributed by atoms with Crippen LogP contribution in [-0.2, 0) is 14.4 Å². The second-order valence-electron chi connectivity index (χ2n) is 8.18. The summed E-state index contributed by atoms with van der Waals surface area (Å²) in [6.45, 7) is 0.686. The lowest BCUT2D eigenvalue weighted by molar-refractivity contribution is -0.158. The first-order chi connectivity index (χ1) is 14.5. The van der Waals surface area contributed by atoms with Gasteiger partial charge in [0.2, 0.25) is 12.3 Å². The number of likely N-dealkylation sites (tertiary alicyclic amines) is 1. The molecule has 170 valence electrons. The van der Waals surface area contributed by atoms with Gasteiger partial charge >= 0.3 is 6.03 Å². The zero-order chi connectivity index (χ0) is 21.9. The molecule has 30 heavy (non-hydrogen) atoms. The van der Waals surface area contributed by atoms with Gasteiger partial charge in [0.15, 0.2) is 0 Å². The maximum absolute atomic E-state index is 13.2. The highest BCUT2D eigenvalue weighted by molar-refractivity contribution is 5.99. The molecule has 2 fully saturated rings. The number of carbonyl (C=O) groups is 4. The molecule has 0 bridgehead atoms. The zero-order valence-corrected chi connectivity index (χ0v) is 17.4. The van der Waals surface area contributed by atoms with Crippen molar-refractivity contribution in [2.75, 3.05) is 26.2 Å². The molecule has 2 rings (SSSR count). The number of imide groups is 1. The maximum Gasteiger partial charge on any atom is 0.321 e. The van der Waals surface area contributed by atoms with Gasteiger partial charge in [-0.1, -0.05) is 25.7 Å². The van der Waals surface area contributed by atoms with Crippen LogP contribution in [0.3, 0.4) is 0 Å². The minimum Gasteiger partial charge on any atom is -0.396 e. The van der Waals surface area contributed by atoms with Gasteiger partial charge in [-0.25, -0.2) is 9.86 Å². The number of carbonyl (C=O) groups excluding carboxylic acids is 4. The molecular weight excluding hydrogens is 392 g/mol. The molecule has 5 amide bonds. The number of hydrogen-bond acceptors (Lipinski definition) is 6. The molecule has 1 saturated heterocycles. The van der Waals surface area contributed by atoms with Crippen molar-refractivity contribution in [2.45, 2.75) is 63.8 Å². The van der Waals surface area contributed by atoms with E-state index in [1.165, 1.54) is 4.90 Å². The quantitative estimate of drug-likeness (QED) is 0.165. The molecule has 1 heterocycles. The fraction of sp³-hybridized carbons (Fsp3) is 0.800. The Morgan fingerprint density at radius 3 is 2.53 bits per heavy atom. The van der Waals surface area contributed by atoms with Crippen molar-refractivity contribution >= 4 is 24.3 Å². The van der Waals surface area contributed by atoms with Crippen LogP contribution < -0.4 is 10.6 Å². The number of amides is 5. The van der Waals surface area contributed by atoms with Crippen LogP contribution in [0.5, 0.6) is 0 Å². The Bertz CT molecular complexity index is 596. The van der Waals surface area contributed by atoms with Crippen molar-refractivity contribution in [2.24, 2.45) is 11.8 Å². The van der Waals surface area contributed by atoms with Gasteiger partial charge in [-0.15, -0.1) is 0 Å². The second-order valence-corrected chi connectivity index (χ2v) is 8.18. The molecular formula is C20H34N4O6. The molecule has 0 aromatic heterocycles. The topological polar surface area (TPSA) is 139 Å². The largest absolute Gasteiger partial charge is 0.396 e. The van der Waals surface area contributed by atoms with E-state index < -0.39 is 23.9 Å². The number of rotatable bonds is 11. The first kappa shape index (κ1) is 24.1. The number of nitrogens with zero attached hydrogens (tertiary/aromatic N) is 2. The van der Waals surface area contributed by atoms with Crippen LogP contribution >= 0.6 is 0 Å². The minimum absolute atomic E-state index is 0.0404. The summed E-state index contributed by atoms with van der Waals surface area (Å²) in [5.41, 5.74) is 0. The lowest BCUT2D eigenvalue weighted by Gasteiger charge is -2.30. The predicted octanol–water partition coefficient (Wildman–Crippen LogP) is 0.620. The maximum atomic E-state index is 13.2. The Hall–Kier alpha value is -2.20. The number of hydrogen-bond donors (Lipinski definition) is 4. The van der Waals surface area contributed by atoms with E-state index in [-0.39, 0.29) is 25.5 Å². The Labute approximate surface area is 176 Å². The van der Waals surface area contributed by atoms with Crippen LogP contribution in [0.1, 0.15) is 57.8 Å². The fourth-order valence-electron chi connectivity index (χ4n) is 4.39. The summed E-state index contributed by atoms with van der Waals surface area (Å²) < 4.78 is 0. The van der Waals surface area contributed by atoms with E-state index in [0.29, 0.717) is 56.2 Å². The molecule has 0 spiro atoms. The summed E-state index contributed by atoms with van der Waals surface area (Å²) in [4.78, 5) is 50.0. The van der Waals surface area contributed by atoms with Crippen LogP contribution in [-0.4, -0.2) is 76.8 Å². The van der Waals surface area contributed by atoms with Crippen molar-refractivity contribution < 1.29 is 29.5 Å². The highest BCUT2D eigenvalue weighted by Gasteiger charge is 2.39. The van der Waals surface area contributed by atoms with Crippen molar-refractivity contribution in [1.82, 2.24) is 20.6 Å². The molecule has 0 aromatic rings. The molecule has 2 atom stereocenters. The van der Waals surface area contributed by atoms with Crippen LogP contribution in [0.15, 0.2) is 0 Å². The van der Waals surface area contributed by atoms with E-state index in [0.717, 1.165) is 25.7 Å². The molecule has 4 N–H and O–H groups in total. The molecule has 1 aliphatic carbocycles. The Morgan fingerprint density at radius 1 is 1.13 bits per heavy atom. The van der Waals surface area contributed by atoms with Crippen molar-refractivity contribution in [3.8, 4) is 0 Å². The van der Waals surface area contributed by atoms with Crippen LogP contribution in [0.2, 0.25) is 0 Å². The monoisotopic (exact) mass is 426 g/mol. The summed E-state index contributed by atoms with van der Waals surface area (Å²) >= 11 is 0. The highest BCUT2D eigenvalue weighted by Crippen LogP contribution is 2.32. The number of urea groups is 1. The highest BCUT2D eigenvalue weighted by atomic mass is 16.5. The van der Waals surface area contributed by atoms with E-state index in [4.69, 9.17) is 5.11 Å². The minimum atomic E-state index is -0.741. The molecule has 0 unspecified atom stereocenters. The van der Waals surface area contributed by atoms with E-state index >= 15 is 0 Å². The Kier molecular flexibility index (Phi) is 10.0. The third-order valence-corrected chi connectivity index (χ3v) is 5.92. The SMILES string of the molecule is O=CN(O)C[C@@H](CC1CCCC1)C(=O)N1CCC[C@H]1C(=O)NC(=O)NCCCCO. The first-order valence-corrected chi connectivity index (χ1v) is 10.9. The van der Waals surface area contributed by atoms with E-state index in [1.807, 2.05) is 0 Å². The number of aliphatic hydroxyl groups excluding tert-OH is 1. The van der Waals surface area contributed by atoms with Crippen molar-refractivity contribution in [3.05, 3.63) is 0 Å².